The van der Waals surface area contributed by atoms with Crippen LogP contribution in [0, 0.1) is 6.92 Å². The molecule has 2 aromatic rings. The van der Waals surface area contributed by atoms with Crippen LogP contribution in [0.1, 0.15) is 49.4 Å². The SMILES string of the molecule is CCNC(c1csc(C)n1)c1ncnn1C(C)C. The van der Waals surface area contributed by atoms with Crippen molar-refractivity contribution in [2.24, 2.45) is 0 Å². The normalized spacial score (nSPS) is 13.2. The van der Waals surface area contributed by atoms with E-state index in [4.69, 9.17) is 0 Å². The minimum Gasteiger partial charge on any atom is -0.303 e. The van der Waals surface area contributed by atoms with Crippen LogP contribution in [0.25, 0.3) is 0 Å². The number of nitrogens with zero attached hydrogens (tertiary/aromatic N) is 4. The number of aromatic nitrogens is 4. The molecule has 98 valence electrons. The minimum atomic E-state index is 0.0184. The molecule has 0 aliphatic heterocycles. The van der Waals surface area contributed by atoms with Gasteiger partial charge in [0.1, 0.15) is 18.2 Å². The summed E-state index contributed by atoms with van der Waals surface area (Å²) >= 11 is 1.66. The number of hydrogen-bond acceptors (Lipinski definition) is 5. The van der Waals surface area contributed by atoms with Crippen molar-refractivity contribution in [1.29, 1.82) is 0 Å². The van der Waals surface area contributed by atoms with E-state index in [1.165, 1.54) is 0 Å². The molecule has 0 aromatic carbocycles. The van der Waals surface area contributed by atoms with Crippen LogP contribution in [0.2, 0.25) is 0 Å². The van der Waals surface area contributed by atoms with Gasteiger partial charge in [-0.25, -0.2) is 14.6 Å². The summed E-state index contributed by atoms with van der Waals surface area (Å²) in [5, 5.41) is 10.9. The summed E-state index contributed by atoms with van der Waals surface area (Å²) in [5.41, 5.74) is 1.02. The quantitative estimate of drug-likeness (QED) is 0.901. The Kier molecular flexibility index (Phi) is 4.08. The highest BCUT2D eigenvalue weighted by Crippen LogP contribution is 2.23. The Bertz CT molecular complexity index is 502. The molecule has 0 aliphatic carbocycles. The Labute approximate surface area is 111 Å². The van der Waals surface area contributed by atoms with E-state index in [1.54, 1.807) is 17.7 Å². The summed E-state index contributed by atoms with van der Waals surface area (Å²) in [6.07, 6.45) is 1.61. The summed E-state index contributed by atoms with van der Waals surface area (Å²) in [7, 11) is 0. The molecule has 6 heteroatoms. The third-order valence-electron chi connectivity index (χ3n) is 2.69. The van der Waals surface area contributed by atoms with Crippen LogP contribution in [0.15, 0.2) is 11.7 Å². The molecule has 0 spiro atoms. The van der Waals surface area contributed by atoms with E-state index in [0.29, 0.717) is 6.04 Å². The van der Waals surface area contributed by atoms with Crippen LogP contribution in [-0.4, -0.2) is 26.3 Å². The third kappa shape index (κ3) is 2.59. The van der Waals surface area contributed by atoms with E-state index in [9.17, 15) is 0 Å². The van der Waals surface area contributed by atoms with Crippen molar-refractivity contribution in [2.75, 3.05) is 6.54 Å². The van der Waals surface area contributed by atoms with Gasteiger partial charge in [-0.1, -0.05) is 6.92 Å². The lowest BCUT2D eigenvalue weighted by molar-refractivity contribution is 0.466. The monoisotopic (exact) mass is 265 g/mol. The van der Waals surface area contributed by atoms with Crippen molar-refractivity contribution in [3.05, 3.63) is 28.2 Å². The predicted molar refractivity (Wildman–Crippen MR) is 72.8 cm³/mol. The molecule has 0 bridgehead atoms. The first-order valence-corrected chi connectivity index (χ1v) is 7.06. The summed E-state index contributed by atoms with van der Waals surface area (Å²) in [6, 6.07) is 0.313. The Hall–Kier alpha value is -1.27. The Morgan fingerprint density at radius 1 is 1.44 bits per heavy atom. The first kappa shape index (κ1) is 13.2. The van der Waals surface area contributed by atoms with Crippen molar-refractivity contribution >= 4 is 11.3 Å². The summed E-state index contributed by atoms with van der Waals surface area (Å²) < 4.78 is 1.95. The van der Waals surface area contributed by atoms with Gasteiger partial charge in [0.25, 0.3) is 0 Å². The molecule has 2 rings (SSSR count). The molecule has 0 fully saturated rings. The van der Waals surface area contributed by atoms with E-state index >= 15 is 0 Å². The fraction of sp³-hybridized carbons (Fsp3) is 0.583. The zero-order valence-corrected chi connectivity index (χ0v) is 12.0. The van der Waals surface area contributed by atoms with Gasteiger partial charge in [0.2, 0.25) is 0 Å². The van der Waals surface area contributed by atoms with Gasteiger partial charge in [-0.15, -0.1) is 11.3 Å². The lowest BCUT2D eigenvalue weighted by atomic mass is 10.2. The topological polar surface area (TPSA) is 55.6 Å². The van der Waals surface area contributed by atoms with Gasteiger partial charge >= 0.3 is 0 Å². The predicted octanol–water partition coefficient (Wildman–Crippen LogP) is 2.32. The fourth-order valence-electron chi connectivity index (χ4n) is 1.91. The van der Waals surface area contributed by atoms with Crippen molar-refractivity contribution in [2.45, 2.75) is 39.8 Å². The van der Waals surface area contributed by atoms with Gasteiger partial charge in [-0.05, 0) is 27.3 Å². The summed E-state index contributed by atoms with van der Waals surface area (Å²) in [5.74, 6) is 0.928. The number of rotatable bonds is 5. The molecule has 1 atom stereocenters. The molecule has 2 heterocycles. The van der Waals surface area contributed by atoms with E-state index in [-0.39, 0.29) is 6.04 Å². The van der Waals surface area contributed by atoms with Crippen LogP contribution < -0.4 is 5.32 Å². The first-order chi connectivity index (χ1) is 8.63. The standard InChI is InChI=1S/C12H19N5S/c1-5-13-11(10-6-18-9(4)16-10)12-14-7-15-17(12)8(2)3/h6-8,11,13H,5H2,1-4H3. The largest absolute Gasteiger partial charge is 0.303 e. The van der Waals surface area contributed by atoms with Gasteiger partial charge in [0.05, 0.1) is 10.7 Å². The van der Waals surface area contributed by atoms with E-state index in [0.717, 1.165) is 23.1 Å². The summed E-state index contributed by atoms with van der Waals surface area (Å²) in [6.45, 7) is 9.18. The van der Waals surface area contributed by atoms with Crippen molar-refractivity contribution in [3.63, 3.8) is 0 Å². The van der Waals surface area contributed by atoms with E-state index in [2.05, 4.69) is 46.5 Å². The Morgan fingerprint density at radius 3 is 2.78 bits per heavy atom. The van der Waals surface area contributed by atoms with Crippen LogP contribution in [-0.2, 0) is 0 Å². The molecule has 2 aromatic heterocycles. The van der Waals surface area contributed by atoms with Gasteiger partial charge in [0.15, 0.2) is 0 Å². The maximum atomic E-state index is 4.56. The average molecular weight is 265 g/mol. The third-order valence-corrected chi connectivity index (χ3v) is 3.48. The highest BCUT2D eigenvalue weighted by atomic mass is 32.1. The lowest BCUT2D eigenvalue weighted by Crippen LogP contribution is -2.26. The molecular weight excluding hydrogens is 246 g/mol. The van der Waals surface area contributed by atoms with Crippen molar-refractivity contribution in [1.82, 2.24) is 25.1 Å². The molecule has 0 aliphatic rings. The smallest absolute Gasteiger partial charge is 0.150 e. The molecular formula is C12H19N5S. The number of thiazole rings is 1. The van der Waals surface area contributed by atoms with Gasteiger partial charge in [0, 0.05) is 11.4 Å². The molecule has 5 nitrogen and oxygen atoms in total. The fourth-order valence-corrected chi connectivity index (χ4v) is 2.55. The van der Waals surface area contributed by atoms with E-state index < -0.39 is 0 Å². The van der Waals surface area contributed by atoms with Crippen molar-refractivity contribution in [3.8, 4) is 0 Å². The Morgan fingerprint density at radius 2 is 2.22 bits per heavy atom. The van der Waals surface area contributed by atoms with Gasteiger partial charge in [-0.3, -0.25) is 0 Å². The Balaban J connectivity index is 2.38. The van der Waals surface area contributed by atoms with E-state index in [1.807, 2.05) is 11.6 Å². The molecule has 0 saturated heterocycles. The number of nitrogens with one attached hydrogen (secondary N) is 1. The molecule has 0 saturated carbocycles. The average Bonchev–Trinajstić information content (AvgIpc) is 2.94. The first-order valence-electron chi connectivity index (χ1n) is 6.18. The lowest BCUT2D eigenvalue weighted by Gasteiger charge is -2.18. The van der Waals surface area contributed by atoms with Crippen LogP contribution in [0.4, 0.5) is 0 Å². The van der Waals surface area contributed by atoms with Crippen LogP contribution >= 0.6 is 11.3 Å². The molecule has 1 N–H and O–H groups in total. The highest BCUT2D eigenvalue weighted by Gasteiger charge is 2.22. The summed E-state index contributed by atoms with van der Waals surface area (Å²) in [4.78, 5) is 8.96. The second-order valence-corrected chi connectivity index (χ2v) is 5.50. The minimum absolute atomic E-state index is 0.0184. The highest BCUT2D eigenvalue weighted by molar-refractivity contribution is 7.09. The molecule has 0 amide bonds. The molecule has 0 radical (unpaired) electrons. The van der Waals surface area contributed by atoms with Gasteiger partial charge in [-0.2, -0.15) is 5.10 Å². The number of aryl methyl sites for hydroxylation is 1. The second kappa shape index (κ2) is 5.58. The maximum Gasteiger partial charge on any atom is 0.150 e. The van der Waals surface area contributed by atoms with Crippen LogP contribution in [0.3, 0.4) is 0 Å². The number of hydrogen-bond donors (Lipinski definition) is 1. The zero-order valence-electron chi connectivity index (χ0n) is 11.2. The molecule has 1 unspecified atom stereocenters. The zero-order chi connectivity index (χ0) is 13.1. The van der Waals surface area contributed by atoms with Crippen molar-refractivity contribution < 1.29 is 0 Å². The van der Waals surface area contributed by atoms with Crippen LogP contribution in [0.5, 0.6) is 0 Å². The molecule has 18 heavy (non-hydrogen) atoms. The maximum absolute atomic E-state index is 4.56. The van der Waals surface area contributed by atoms with Gasteiger partial charge < -0.3 is 5.32 Å². The second-order valence-electron chi connectivity index (χ2n) is 4.44.